The zero-order chi connectivity index (χ0) is 15.5. The standard InChI is InChI=1S/C14H15N3O3S2/c18-10-7-8(14(20)17-10)13(19)12-9(4-6-16-12)21-22-11-3-1-2-5-15-11/h1-3,5,8-9,12,16H,4,6-7H2,(H,17,18,20)/t8?,9?,12-/m0/s1. The lowest BCUT2D eigenvalue weighted by Gasteiger charge is -2.19. The smallest absolute Gasteiger partial charge is 0.237 e. The van der Waals surface area contributed by atoms with Crippen molar-refractivity contribution in [2.24, 2.45) is 5.92 Å². The number of Topliss-reactive ketones (excluding diaryl/α,β-unsaturated/α-hetero) is 1. The average molecular weight is 337 g/mol. The third-order valence-corrected chi connectivity index (χ3v) is 6.48. The number of pyridine rings is 1. The fourth-order valence-electron chi connectivity index (χ4n) is 2.57. The van der Waals surface area contributed by atoms with Gasteiger partial charge >= 0.3 is 0 Å². The van der Waals surface area contributed by atoms with Gasteiger partial charge in [-0.3, -0.25) is 19.7 Å². The van der Waals surface area contributed by atoms with Crippen molar-refractivity contribution in [3.05, 3.63) is 24.4 Å². The van der Waals surface area contributed by atoms with Gasteiger partial charge in [-0.15, -0.1) is 0 Å². The Morgan fingerprint density at radius 3 is 2.86 bits per heavy atom. The van der Waals surface area contributed by atoms with Crippen LogP contribution in [0.2, 0.25) is 0 Å². The Labute approximate surface area is 135 Å². The van der Waals surface area contributed by atoms with E-state index in [9.17, 15) is 14.4 Å². The van der Waals surface area contributed by atoms with E-state index in [-0.39, 0.29) is 29.4 Å². The summed E-state index contributed by atoms with van der Waals surface area (Å²) in [7, 11) is 3.12. The van der Waals surface area contributed by atoms with Crippen LogP contribution in [0.3, 0.4) is 0 Å². The summed E-state index contributed by atoms with van der Waals surface area (Å²) >= 11 is 0. The fourth-order valence-corrected chi connectivity index (χ4v) is 5.17. The first kappa shape index (κ1) is 15.5. The van der Waals surface area contributed by atoms with Gasteiger partial charge in [0.05, 0.1) is 6.04 Å². The fraction of sp³-hybridized carbons (Fsp3) is 0.429. The van der Waals surface area contributed by atoms with Gasteiger partial charge in [-0.1, -0.05) is 16.9 Å². The highest BCUT2D eigenvalue weighted by atomic mass is 33.1. The first-order valence-electron chi connectivity index (χ1n) is 7.00. The maximum absolute atomic E-state index is 12.5. The van der Waals surface area contributed by atoms with Crippen LogP contribution >= 0.6 is 21.6 Å². The second-order valence-corrected chi connectivity index (χ2v) is 7.64. The third-order valence-electron chi connectivity index (χ3n) is 3.68. The zero-order valence-corrected chi connectivity index (χ0v) is 13.3. The molecule has 0 saturated carbocycles. The van der Waals surface area contributed by atoms with Gasteiger partial charge in [0, 0.05) is 17.9 Å². The molecule has 8 heteroatoms. The number of nitrogens with zero attached hydrogens (tertiary/aromatic N) is 1. The molecule has 1 aromatic heterocycles. The summed E-state index contributed by atoms with van der Waals surface area (Å²) < 4.78 is 0. The quantitative estimate of drug-likeness (QED) is 0.466. The number of imide groups is 1. The molecule has 6 nitrogen and oxygen atoms in total. The molecule has 2 fully saturated rings. The molecule has 3 rings (SSSR count). The van der Waals surface area contributed by atoms with Crippen LogP contribution in [0.15, 0.2) is 29.4 Å². The summed E-state index contributed by atoms with van der Waals surface area (Å²) in [4.78, 5) is 39.7. The lowest BCUT2D eigenvalue weighted by atomic mass is 9.95. The molecule has 0 aromatic carbocycles. The van der Waals surface area contributed by atoms with Crippen molar-refractivity contribution in [1.82, 2.24) is 15.6 Å². The van der Waals surface area contributed by atoms with Crippen molar-refractivity contribution < 1.29 is 14.4 Å². The molecule has 116 valence electrons. The van der Waals surface area contributed by atoms with E-state index in [1.54, 1.807) is 17.0 Å². The van der Waals surface area contributed by atoms with E-state index in [1.807, 2.05) is 18.2 Å². The Balaban J connectivity index is 1.62. The minimum atomic E-state index is -0.842. The molecule has 0 aliphatic carbocycles. The second-order valence-electron chi connectivity index (χ2n) is 5.18. The highest BCUT2D eigenvalue weighted by Crippen LogP contribution is 2.38. The van der Waals surface area contributed by atoms with E-state index in [2.05, 4.69) is 15.6 Å². The molecule has 0 radical (unpaired) electrons. The molecular weight excluding hydrogens is 322 g/mol. The minimum Gasteiger partial charge on any atom is -0.306 e. The maximum Gasteiger partial charge on any atom is 0.237 e. The predicted octanol–water partition coefficient (Wildman–Crippen LogP) is 0.784. The maximum atomic E-state index is 12.5. The van der Waals surface area contributed by atoms with E-state index in [1.165, 1.54) is 10.8 Å². The van der Waals surface area contributed by atoms with E-state index in [0.717, 1.165) is 18.0 Å². The number of hydrogen-bond donors (Lipinski definition) is 2. The highest BCUT2D eigenvalue weighted by Gasteiger charge is 2.43. The van der Waals surface area contributed by atoms with Gasteiger partial charge in [0.1, 0.15) is 10.9 Å². The summed E-state index contributed by atoms with van der Waals surface area (Å²) in [5, 5.41) is 6.32. The van der Waals surface area contributed by atoms with Crippen molar-refractivity contribution in [3.63, 3.8) is 0 Å². The highest BCUT2D eigenvalue weighted by molar-refractivity contribution is 8.76. The van der Waals surface area contributed by atoms with Crippen LogP contribution in [0.1, 0.15) is 12.8 Å². The van der Waals surface area contributed by atoms with Gasteiger partial charge in [0.2, 0.25) is 11.8 Å². The Hall–Kier alpha value is -1.38. The average Bonchev–Trinajstić information content (AvgIpc) is 3.11. The Kier molecular flexibility index (Phi) is 4.80. The van der Waals surface area contributed by atoms with Crippen LogP contribution in [-0.4, -0.2) is 40.4 Å². The predicted molar refractivity (Wildman–Crippen MR) is 84.1 cm³/mol. The molecule has 2 saturated heterocycles. The number of rotatable bonds is 5. The van der Waals surface area contributed by atoms with Crippen LogP contribution in [0.5, 0.6) is 0 Å². The van der Waals surface area contributed by atoms with E-state index < -0.39 is 11.8 Å². The Morgan fingerprint density at radius 2 is 2.18 bits per heavy atom. The summed E-state index contributed by atoms with van der Waals surface area (Å²) in [6, 6.07) is 5.30. The first-order valence-corrected chi connectivity index (χ1v) is 9.21. The molecule has 1 aromatic rings. The van der Waals surface area contributed by atoms with E-state index in [4.69, 9.17) is 0 Å². The van der Waals surface area contributed by atoms with Gasteiger partial charge in [0.25, 0.3) is 0 Å². The number of aromatic nitrogens is 1. The van der Waals surface area contributed by atoms with Crippen molar-refractivity contribution >= 4 is 39.2 Å². The monoisotopic (exact) mass is 337 g/mol. The van der Waals surface area contributed by atoms with E-state index in [0.29, 0.717) is 0 Å². The molecule has 0 spiro atoms. The molecule has 2 N–H and O–H groups in total. The summed E-state index contributed by atoms with van der Waals surface area (Å²) in [5.74, 6) is -1.86. The lowest BCUT2D eigenvalue weighted by molar-refractivity contribution is -0.132. The minimum absolute atomic E-state index is 0.0272. The van der Waals surface area contributed by atoms with Crippen LogP contribution < -0.4 is 10.6 Å². The van der Waals surface area contributed by atoms with Gasteiger partial charge < -0.3 is 5.32 Å². The normalized spacial score (nSPS) is 27.9. The summed E-state index contributed by atoms with van der Waals surface area (Å²) in [6.45, 7) is 0.735. The number of hydrogen-bond acceptors (Lipinski definition) is 7. The topological polar surface area (TPSA) is 88.2 Å². The second kappa shape index (κ2) is 6.80. The molecule has 3 heterocycles. The molecule has 0 bridgehead atoms. The molecule has 2 amide bonds. The van der Waals surface area contributed by atoms with Crippen molar-refractivity contribution in [3.8, 4) is 0 Å². The number of nitrogens with one attached hydrogen (secondary N) is 2. The van der Waals surface area contributed by atoms with Gasteiger partial charge in [-0.25, -0.2) is 4.98 Å². The summed E-state index contributed by atoms with van der Waals surface area (Å²) in [5.41, 5.74) is 0. The SMILES string of the molecule is O=C1CC(C(=O)[C@H]2NCCC2SSc2ccccn2)C(=O)N1. The van der Waals surface area contributed by atoms with E-state index >= 15 is 0 Å². The molecule has 3 atom stereocenters. The zero-order valence-electron chi connectivity index (χ0n) is 11.7. The van der Waals surface area contributed by atoms with Crippen molar-refractivity contribution in [2.45, 2.75) is 29.2 Å². The van der Waals surface area contributed by atoms with Gasteiger partial charge in [-0.2, -0.15) is 0 Å². The molecular formula is C14H15N3O3S2. The Morgan fingerprint density at radius 1 is 1.32 bits per heavy atom. The molecule has 22 heavy (non-hydrogen) atoms. The largest absolute Gasteiger partial charge is 0.306 e. The molecule has 2 aliphatic rings. The number of carbonyl (C=O) groups excluding carboxylic acids is 3. The summed E-state index contributed by atoms with van der Waals surface area (Å²) in [6.07, 6.45) is 2.55. The van der Waals surface area contributed by atoms with Gasteiger partial charge in [-0.05, 0) is 35.9 Å². The van der Waals surface area contributed by atoms with Crippen LogP contribution in [0.4, 0.5) is 0 Å². The van der Waals surface area contributed by atoms with Gasteiger partial charge in [0.15, 0.2) is 5.78 Å². The first-order chi connectivity index (χ1) is 10.6. The third kappa shape index (κ3) is 3.34. The van der Waals surface area contributed by atoms with Crippen LogP contribution in [0, 0.1) is 5.92 Å². The number of carbonyl (C=O) groups is 3. The van der Waals surface area contributed by atoms with Crippen molar-refractivity contribution in [2.75, 3.05) is 6.54 Å². The number of amides is 2. The van der Waals surface area contributed by atoms with Crippen LogP contribution in [0.25, 0.3) is 0 Å². The molecule has 2 unspecified atom stereocenters. The molecule has 2 aliphatic heterocycles. The lowest BCUT2D eigenvalue weighted by Crippen LogP contribution is -2.43. The van der Waals surface area contributed by atoms with Crippen LogP contribution in [-0.2, 0) is 14.4 Å². The van der Waals surface area contributed by atoms with Crippen molar-refractivity contribution in [1.29, 1.82) is 0 Å². The number of ketones is 1. The Bertz CT molecular complexity index is 596.